The number of nitriles is 1. The average molecular weight is 346 g/mol. The number of pyridine rings is 1. The highest BCUT2D eigenvalue weighted by Gasteiger charge is 2.28. The Bertz CT molecular complexity index is 666. The fourth-order valence-electron chi connectivity index (χ4n) is 3.32. The maximum atomic E-state index is 12.3. The highest BCUT2D eigenvalue weighted by molar-refractivity contribution is 8.00. The van der Waals surface area contributed by atoms with Crippen LogP contribution in [-0.4, -0.2) is 22.7 Å². The number of hydrogen-bond donors (Lipinski definition) is 1. The van der Waals surface area contributed by atoms with Crippen molar-refractivity contribution in [2.75, 3.05) is 5.75 Å². The van der Waals surface area contributed by atoms with Crippen molar-refractivity contribution < 1.29 is 4.79 Å². The van der Waals surface area contributed by atoms with Crippen molar-refractivity contribution in [2.45, 2.75) is 64.9 Å². The normalized spacial score (nSPS) is 23.6. The maximum absolute atomic E-state index is 12.3. The number of hydrogen-bond acceptors (Lipinski definition) is 4. The lowest BCUT2D eigenvalue weighted by atomic mass is 9.78. The molecule has 0 radical (unpaired) electrons. The molecule has 0 aromatic carbocycles. The number of aromatic nitrogens is 1. The van der Waals surface area contributed by atoms with Crippen LogP contribution in [0.25, 0.3) is 0 Å². The Morgan fingerprint density at radius 3 is 2.67 bits per heavy atom. The molecule has 5 heteroatoms. The number of thioether (sulfide) groups is 1. The molecule has 2 rings (SSSR count). The van der Waals surface area contributed by atoms with Crippen molar-refractivity contribution in [2.24, 2.45) is 11.8 Å². The molecule has 0 bridgehead atoms. The quantitative estimate of drug-likeness (QED) is 0.840. The van der Waals surface area contributed by atoms with E-state index in [1.54, 1.807) is 0 Å². The summed E-state index contributed by atoms with van der Waals surface area (Å²) < 4.78 is 0. The fourth-order valence-corrected chi connectivity index (χ4v) is 4.21. The van der Waals surface area contributed by atoms with Gasteiger partial charge < -0.3 is 5.32 Å². The van der Waals surface area contributed by atoms with Crippen molar-refractivity contribution in [1.82, 2.24) is 10.3 Å². The lowest BCUT2D eigenvalue weighted by Crippen LogP contribution is -2.44. The van der Waals surface area contributed by atoms with Gasteiger partial charge in [0.1, 0.15) is 11.1 Å². The molecule has 3 atom stereocenters. The van der Waals surface area contributed by atoms with Gasteiger partial charge in [0, 0.05) is 11.7 Å². The number of nitrogens with one attached hydrogen (secondary N) is 1. The molecule has 1 aliphatic carbocycles. The Balaban J connectivity index is 2.01. The lowest BCUT2D eigenvalue weighted by Gasteiger charge is -2.34. The Labute approximate surface area is 149 Å². The minimum atomic E-state index is 0.0347. The fraction of sp³-hybridized carbons (Fsp3) is 0.632. The molecule has 1 aromatic heterocycles. The molecular formula is C19H27N3OS. The van der Waals surface area contributed by atoms with Gasteiger partial charge in [-0.3, -0.25) is 4.79 Å². The minimum Gasteiger partial charge on any atom is -0.352 e. The van der Waals surface area contributed by atoms with Crippen LogP contribution in [0.3, 0.4) is 0 Å². The zero-order valence-corrected chi connectivity index (χ0v) is 16.1. The highest BCUT2D eigenvalue weighted by atomic mass is 32.2. The van der Waals surface area contributed by atoms with Gasteiger partial charge in [0.15, 0.2) is 0 Å². The summed E-state index contributed by atoms with van der Waals surface area (Å²) in [5, 5.41) is 13.2. The summed E-state index contributed by atoms with van der Waals surface area (Å²) in [5.41, 5.74) is 3.52. The Morgan fingerprint density at radius 2 is 2.00 bits per heavy atom. The van der Waals surface area contributed by atoms with Gasteiger partial charge in [-0.2, -0.15) is 5.26 Å². The summed E-state index contributed by atoms with van der Waals surface area (Å²) in [7, 11) is 0. The van der Waals surface area contributed by atoms with Crippen LogP contribution in [0, 0.1) is 43.9 Å². The van der Waals surface area contributed by atoms with Crippen LogP contribution in [0.2, 0.25) is 0 Å². The van der Waals surface area contributed by atoms with E-state index in [1.807, 2.05) is 20.8 Å². The van der Waals surface area contributed by atoms with E-state index in [0.29, 0.717) is 28.2 Å². The van der Waals surface area contributed by atoms with Crippen molar-refractivity contribution in [3.05, 3.63) is 22.4 Å². The predicted molar refractivity (Wildman–Crippen MR) is 98.0 cm³/mol. The number of carbonyl (C=O) groups is 1. The van der Waals surface area contributed by atoms with Gasteiger partial charge in [-0.05, 0) is 50.2 Å². The monoisotopic (exact) mass is 345 g/mol. The largest absolute Gasteiger partial charge is 0.352 e. The average Bonchev–Trinajstić information content (AvgIpc) is 2.55. The molecule has 1 aliphatic rings. The summed E-state index contributed by atoms with van der Waals surface area (Å²) in [6, 6.07) is 2.50. The standard InChI is InChI=1S/C19H27N3OS/c1-11-7-6-8-17(12(11)2)22-18(23)10-24-19-16(9-20)14(4)13(3)15(5)21-19/h11-12,17H,6-8,10H2,1-5H3,(H,22,23)/t11-,12+,17-/m1/s1. The molecule has 1 amide bonds. The molecule has 1 saturated carbocycles. The van der Waals surface area contributed by atoms with E-state index < -0.39 is 0 Å². The van der Waals surface area contributed by atoms with Crippen molar-refractivity contribution in [1.29, 1.82) is 5.26 Å². The molecule has 0 unspecified atom stereocenters. The molecule has 4 nitrogen and oxygen atoms in total. The van der Waals surface area contributed by atoms with E-state index in [4.69, 9.17) is 0 Å². The van der Waals surface area contributed by atoms with Crippen LogP contribution in [0.4, 0.5) is 0 Å². The summed E-state index contributed by atoms with van der Waals surface area (Å²) >= 11 is 1.36. The predicted octanol–water partition coefficient (Wildman–Crippen LogP) is 3.91. The zero-order chi connectivity index (χ0) is 17.9. The number of rotatable bonds is 4. The van der Waals surface area contributed by atoms with Gasteiger partial charge in [0.25, 0.3) is 0 Å². The van der Waals surface area contributed by atoms with Crippen molar-refractivity contribution >= 4 is 17.7 Å². The SMILES string of the molecule is Cc1nc(SCC(=O)N[C@@H]2CCC[C@@H](C)[C@@H]2C)c(C#N)c(C)c1C. The second-order valence-electron chi connectivity index (χ2n) is 6.97. The van der Waals surface area contributed by atoms with Crippen LogP contribution < -0.4 is 5.32 Å². The topological polar surface area (TPSA) is 65.8 Å². The number of carbonyl (C=O) groups excluding carboxylic acids is 1. The molecule has 0 saturated heterocycles. The molecule has 24 heavy (non-hydrogen) atoms. The van der Waals surface area contributed by atoms with E-state index in [-0.39, 0.29) is 11.9 Å². The van der Waals surface area contributed by atoms with Gasteiger partial charge in [0.2, 0.25) is 5.91 Å². The number of nitrogens with zero attached hydrogens (tertiary/aromatic N) is 2. The first-order chi connectivity index (χ1) is 11.3. The van der Waals surface area contributed by atoms with E-state index in [2.05, 4.69) is 30.2 Å². The Kier molecular flexibility index (Phi) is 6.28. The van der Waals surface area contributed by atoms with E-state index in [1.165, 1.54) is 24.6 Å². The maximum Gasteiger partial charge on any atom is 0.230 e. The summed E-state index contributed by atoms with van der Waals surface area (Å²) in [6.07, 6.45) is 3.49. The molecule has 0 aliphatic heterocycles. The van der Waals surface area contributed by atoms with E-state index >= 15 is 0 Å². The number of aryl methyl sites for hydroxylation is 1. The van der Waals surface area contributed by atoms with Crippen LogP contribution in [-0.2, 0) is 4.79 Å². The van der Waals surface area contributed by atoms with Gasteiger partial charge in [-0.25, -0.2) is 4.98 Å². The summed E-state index contributed by atoms with van der Waals surface area (Å²) in [5.74, 6) is 1.52. The van der Waals surface area contributed by atoms with Crippen LogP contribution in [0.1, 0.15) is 55.5 Å². The molecule has 1 N–H and O–H groups in total. The van der Waals surface area contributed by atoms with Crippen LogP contribution >= 0.6 is 11.8 Å². The molecule has 130 valence electrons. The first-order valence-electron chi connectivity index (χ1n) is 8.65. The third-order valence-electron chi connectivity index (χ3n) is 5.47. The summed E-state index contributed by atoms with van der Waals surface area (Å²) in [4.78, 5) is 16.8. The lowest BCUT2D eigenvalue weighted by molar-refractivity contribution is -0.119. The number of amides is 1. The molecular weight excluding hydrogens is 318 g/mol. The third kappa shape index (κ3) is 4.10. The van der Waals surface area contributed by atoms with Gasteiger partial charge >= 0.3 is 0 Å². The van der Waals surface area contributed by atoms with E-state index in [9.17, 15) is 10.1 Å². The van der Waals surface area contributed by atoms with Crippen LogP contribution in [0.15, 0.2) is 5.03 Å². The minimum absolute atomic E-state index is 0.0347. The Morgan fingerprint density at radius 1 is 1.29 bits per heavy atom. The zero-order valence-electron chi connectivity index (χ0n) is 15.3. The van der Waals surface area contributed by atoms with Gasteiger partial charge in [-0.1, -0.05) is 38.5 Å². The molecule has 1 heterocycles. The van der Waals surface area contributed by atoms with E-state index in [0.717, 1.165) is 23.2 Å². The van der Waals surface area contributed by atoms with Crippen LogP contribution in [0.5, 0.6) is 0 Å². The first-order valence-corrected chi connectivity index (χ1v) is 9.63. The molecule has 1 aromatic rings. The van der Waals surface area contributed by atoms with Crippen molar-refractivity contribution in [3.8, 4) is 6.07 Å². The second-order valence-corrected chi connectivity index (χ2v) is 7.93. The molecule has 1 fully saturated rings. The van der Waals surface area contributed by atoms with Crippen molar-refractivity contribution in [3.63, 3.8) is 0 Å². The third-order valence-corrected chi connectivity index (χ3v) is 6.44. The smallest absolute Gasteiger partial charge is 0.230 e. The second kappa shape index (κ2) is 8.02. The van der Waals surface area contributed by atoms with Gasteiger partial charge in [0.05, 0.1) is 11.3 Å². The first kappa shape index (κ1) is 18.8. The highest BCUT2D eigenvalue weighted by Crippen LogP contribution is 2.30. The molecule has 0 spiro atoms. The Hall–Kier alpha value is -1.54. The van der Waals surface area contributed by atoms with Gasteiger partial charge in [-0.15, -0.1) is 0 Å². The summed E-state index contributed by atoms with van der Waals surface area (Å²) in [6.45, 7) is 10.4.